The SMILES string of the molecule is COCC(=O)N1CCCC(c2nccnc2Oc2ccc(C)cc2)C1. The number of hydrogen-bond acceptors (Lipinski definition) is 5. The highest BCUT2D eigenvalue weighted by Crippen LogP contribution is 2.32. The summed E-state index contributed by atoms with van der Waals surface area (Å²) in [6.45, 7) is 3.52. The largest absolute Gasteiger partial charge is 0.437 e. The molecule has 2 heterocycles. The van der Waals surface area contributed by atoms with Gasteiger partial charge >= 0.3 is 0 Å². The number of aromatic nitrogens is 2. The van der Waals surface area contributed by atoms with E-state index in [9.17, 15) is 4.79 Å². The van der Waals surface area contributed by atoms with E-state index in [-0.39, 0.29) is 18.4 Å². The number of carbonyl (C=O) groups is 1. The first-order valence-corrected chi connectivity index (χ1v) is 8.49. The number of piperidine rings is 1. The van der Waals surface area contributed by atoms with Crippen LogP contribution in [0.25, 0.3) is 0 Å². The van der Waals surface area contributed by atoms with Gasteiger partial charge in [-0.25, -0.2) is 4.98 Å². The highest BCUT2D eigenvalue weighted by atomic mass is 16.5. The summed E-state index contributed by atoms with van der Waals surface area (Å²) >= 11 is 0. The molecule has 3 rings (SSSR count). The molecule has 0 N–H and O–H groups in total. The van der Waals surface area contributed by atoms with Crippen molar-refractivity contribution >= 4 is 5.91 Å². The summed E-state index contributed by atoms with van der Waals surface area (Å²) in [5, 5.41) is 0. The summed E-state index contributed by atoms with van der Waals surface area (Å²) in [5.74, 6) is 1.37. The Hall–Kier alpha value is -2.47. The predicted molar refractivity (Wildman–Crippen MR) is 93.7 cm³/mol. The fourth-order valence-electron chi connectivity index (χ4n) is 3.05. The molecule has 1 unspecified atom stereocenters. The van der Waals surface area contributed by atoms with E-state index in [1.54, 1.807) is 12.4 Å². The summed E-state index contributed by atoms with van der Waals surface area (Å²) < 4.78 is 10.9. The monoisotopic (exact) mass is 341 g/mol. The Morgan fingerprint density at radius 2 is 2.00 bits per heavy atom. The van der Waals surface area contributed by atoms with E-state index in [1.807, 2.05) is 36.1 Å². The zero-order chi connectivity index (χ0) is 17.6. The molecular weight excluding hydrogens is 318 g/mol. The van der Waals surface area contributed by atoms with Gasteiger partial charge in [0.25, 0.3) is 0 Å². The molecule has 0 saturated carbocycles. The minimum Gasteiger partial charge on any atom is -0.437 e. The molecule has 1 aliphatic rings. The summed E-state index contributed by atoms with van der Waals surface area (Å²) in [5.41, 5.74) is 1.98. The van der Waals surface area contributed by atoms with Crippen LogP contribution in [0.15, 0.2) is 36.7 Å². The maximum atomic E-state index is 12.1. The highest BCUT2D eigenvalue weighted by Gasteiger charge is 2.28. The fourth-order valence-corrected chi connectivity index (χ4v) is 3.05. The second kappa shape index (κ2) is 8.07. The van der Waals surface area contributed by atoms with Crippen LogP contribution >= 0.6 is 0 Å². The van der Waals surface area contributed by atoms with Gasteiger partial charge in [0.15, 0.2) is 0 Å². The maximum Gasteiger partial charge on any atom is 0.248 e. The first kappa shape index (κ1) is 17.4. The Labute approximate surface area is 147 Å². The summed E-state index contributed by atoms with van der Waals surface area (Å²) in [6, 6.07) is 7.83. The Kier molecular flexibility index (Phi) is 5.60. The third-order valence-electron chi connectivity index (χ3n) is 4.36. The maximum absolute atomic E-state index is 12.1. The molecule has 6 heteroatoms. The van der Waals surface area contributed by atoms with Crippen LogP contribution in [0.5, 0.6) is 11.6 Å². The second-order valence-electron chi connectivity index (χ2n) is 6.27. The van der Waals surface area contributed by atoms with E-state index in [0.717, 1.165) is 30.8 Å². The number of hydrogen-bond donors (Lipinski definition) is 0. The number of benzene rings is 1. The van der Waals surface area contributed by atoms with Crippen LogP contribution in [0.2, 0.25) is 0 Å². The standard InChI is InChI=1S/C19H23N3O3/c1-14-5-7-16(8-6-14)25-19-18(20-9-10-21-19)15-4-3-11-22(12-15)17(23)13-24-2/h5-10,15H,3-4,11-13H2,1-2H3. The third-order valence-corrected chi connectivity index (χ3v) is 4.36. The molecule has 2 aromatic rings. The van der Waals surface area contributed by atoms with Crippen LogP contribution < -0.4 is 4.74 Å². The molecule has 25 heavy (non-hydrogen) atoms. The zero-order valence-electron chi connectivity index (χ0n) is 14.6. The molecule has 0 spiro atoms. The molecule has 1 aromatic heterocycles. The molecule has 1 amide bonds. The first-order chi connectivity index (χ1) is 12.2. The lowest BCUT2D eigenvalue weighted by atomic mass is 9.94. The summed E-state index contributed by atoms with van der Waals surface area (Å²) in [7, 11) is 1.54. The molecule has 0 radical (unpaired) electrons. The number of ether oxygens (including phenoxy) is 2. The minimum absolute atomic E-state index is 0.0112. The van der Waals surface area contributed by atoms with Crippen molar-refractivity contribution in [1.82, 2.24) is 14.9 Å². The second-order valence-corrected chi connectivity index (χ2v) is 6.27. The van der Waals surface area contributed by atoms with Gasteiger partial charge in [0, 0.05) is 38.5 Å². The van der Waals surface area contributed by atoms with Gasteiger partial charge in [-0.1, -0.05) is 17.7 Å². The normalized spacial score (nSPS) is 17.4. The summed E-state index contributed by atoms with van der Waals surface area (Å²) in [6.07, 6.45) is 5.19. The molecule has 132 valence electrons. The Morgan fingerprint density at radius 3 is 2.76 bits per heavy atom. The number of carbonyl (C=O) groups excluding carboxylic acids is 1. The zero-order valence-corrected chi connectivity index (χ0v) is 14.6. The van der Waals surface area contributed by atoms with Crippen molar-refractivity contribution < 1.29 is 14.3 Å². The van der Waals surface area contributed by atoms with Gasteiger partial charge in [-0.05, 0) is 31.9 Å². The molecule has 0 bridgehead atoms. The van der Waals surface area contributed by atoms with E-state index < -0.39 is 0 Å². The van der Waals surface area contributed by atoms with Crippen LogP contribution in [0.3, 0.4) is 0 Å². The van der Waals surface area contributed by atoms with Crippen LogP contribution in [0, 0.1) is 6.92 Å². The van der Waals surface area contributed by atoms with Crippen molar-refractivity contribution in [3.8, 4) is 11.6 Å². The smallest absolute Gasteiger partial charge is 0.248 e. The van der Waals surface area contributed by atoms with Crippen molar-refractivity contribution in [3.05, 3.63) is 47.9 Å². The third kappa shape index (κ3) is 4.33. The van der Waals surface area contributed by atoms with Gasteiger partial charge in [0.1, 0.15) is 18.1 Å². The van der Waals surface area contributed by atoms with Gasteiger partial charge in [0.2, 0.25) is 11.8 Å². The van der Waals surface area contributed by atoms with Crippen molar-refractivity contribution in [3.63, 3.8) is 0 Å². The number of rotatable bonds is 5. The van der Waals surface area contributed by atoms with Gasteiger partial charge in [-0.15, -0.1) is 0 Å². The predicted octanol–water partition coefficient (Wildman–Crippen LogP) is 2.93. The molecule has 1 aliphatic heterocycles. The fraction of sp³-hybridized carbons (Fsp3) is 0.421. The minimum atomic E-state index is 0.0112. The average Bonchev–Trinajstić information content (AvgIpc) is 2.64. The van der Waals surface area contributed by atoms with Gasteiger partial charge in [-0.3, -0.25) is 9.78 Å². The van der Waals surface area contributed by atoms with Crippen LogP contribution in [0.1, 0.15) is 30.0 Å². The van der Waals surface area contributed by atoms with Crippen molar-refractivity contribution in [1.29, 1.82) is 0 Å². The van der Waals surface area contributed by atoms with Crippen LogP contribution in [-0.2, 0) is 9.53 Å². The number of aryl methyl sites for hydroxylation is 1. The molecule has 1 saturated heterocycles. The Bertz CT molecular complexity index is 718. The summed E-state index contributed by atoms with van der Waals surface area (Å²) in [4.78, 5) is 22.8. The number of amides is 1. The lowest BCUT2D eigenvalue weighted by molar-refractivity contribution is -0.136. The Balaban J connectivity index is 1.77. The van der Waals surface area contributed by atoms with Crippen molar-refractivity contribution in [2.24, 2.45) is 0 Å². The van der Waals surface area contributed by atoms with Crippen molar-refractivity contribution in [2.45, 2.75) is 25.7 Å². The van der Waals surface area contributed by atoms with Crippen LogP contribution in [-0.4, -0.2) is 47.6 Å². The van der Waals surface area contributed by atoms with E-state index in [2.05, 4.69) is 9.97 Å². The van der Waals surface area contributed by atoms with Crippen LogP contribution in [0.4, 0.5) is 0 Å². The Morgan fingerprint density at radius 1 is 1.24 bits per heavy atom. The highest BCUT2D eigenvalue weighted by molar-refractivity contribution is 5.77. The number of methoxy groups -OCH3 is 1. The van der Waals surface area contributed by atoms with Gasteiger partial charge in [-0.2, -0.15) is 0 Å². The number of likely N-dealkylation sites (tertiary alicyclic amines) is 1. The quantitative estimate of drug-likeness (QED) is 0.837. The molecule has 1 fully saturated rings. The molecule has 1 atom stereocenters. The molecular formula is C19H23N3O3. The van der Waals surface area contributed by atoms with E-state index in [1.165, 1.54) is 12.7 Å². The average molecular weight is 341 g/mol. The first-order valence-electron chi connectivity index (χ1n) is 8.49. The van der Waals surface area contributed by atoms with E-state index >= 15 is 0 Å². The molecule has 6 nitrogen and oxygen atoms in total. The molecule has 1 aromatic carbocycles. The van der Waals surface area contributed by atoms with Gasteiger partial charge in [0.05, 0.1) is 0 Å². The topological polar surface area (TPSA) is 64.5 Å². The van der Waals surface area contributed by atoms with E-state index in [4.69, 9.17) is 9.47 Å². The number of nitrogens with zero attached hydrogens (tertiary/aromatic N) is 3. The molecule has 0 aliphatic carbocycles. The van der Waals surface area contributed by atoms with Gasteiger partial charge < -0.3 is 14.4 Å². The lowest BCUT2D eigenvalue weighted by Gasteiger charge is -2.32. The van der Waals surface area contributed by atoms with E-state index in [0.29, 0.717) is 12.4 Å². The lowest BCUT2D eigenvalue weighted by Crippen LogP contribution is -2.41. The van der Waals surface area contributed by atoms with Crippen molar-refractivity contribution in [2.75, 3.05) is 26.8 Å².